The van der Waals surface area contributed by atoms with Crippen molar-refractivity contribution in [3.63, 3.8) is 0 Å². The van der Waals surface area contributed by atoms with Crippen LogP contribution in [0, 0.1) is 23.7 Å². The molecule has 0 aromatic carbocycles. The van der Waals surface area contributed by atoms with E-state index in [9.17, 15) is 52.8 Å². The average molecular weight is 701 g/mol. The number of halogens is 6. The predicted octanol–water partition coefficient (Wildman–Crippen LogP) is 6.39. The predicted molar refractivity (Wildman–Crippen MR) is 147 cm³/mol. The highest BCUT2D eigenvalue weighted by atomic mass is 32.2. The second kappa shape index (κ2) is 16.2. The van der Waals surface area contributed by atoms with Gasteiger partial charge in [-0.2, -0.15) is 43.2 Å². The maximum absolute atomic E-state index is 12.6. The fourth-order valence-corrected chi connectivity index (χ4v) is 18.5. The Labute approximate surface area is 245 Å². The van der Waals surface area contributed by atoms with Gasteiger partial charge >= 0.3 is 51.8 Å². The van der Waals surface area contributed by atoms with Gasteiger partial charge in [-0.15, -0.1) is 0 Å². The van der Waals surface area contributed by atoms with Crippen molar-refractivity contribution in [1.29, 1.82) is 0 Å². The molecular weight excluding hydrogens is 659 g/mol. The first kappa shape index (κ1) is 42.9. The van der Waals surface area contributed by atoms with Crippen molar-refractivity contribution in [3.8, 4) is 0 Å². The summed E-state index contributed by atoms with van der Waals surface area (Å²) in [4.78, 5) is 22.0. The summed E-state index contributed by atoms with van der Waals surface area (Å²) in [5.41, 5.74) is -11.9. The van der Waals surface area contributed by atoms with E-state index in [4.69, 9.17) is 10.2 Å². The zero-order valence-electron chi connectivity index (χ0n) is 24.8. The van der Waals surface area contributed by atoms with Crippen molar-refractivity contribution in [3.05, 3.63) is 0 Å². The lowest BCUT2D eigenvalue weighted by molar-refractivity contribution is -0.134. The monoisotopic (exact) mass is 700 g/mol. The molecule has 0 aliphatic rings. The Morgan fingerprint density at radius 3 is 1.00 bits per heavy atom. The molecule has 0 unspecified atom stereocenters. The van der Waals surface area contributed by atoms with E-state index < -0.39 is 83.8 Å². The lowest BCUT2D eigenvalue weighted by atomic mass is 10.3. The van der Waals surface area contributed by atoms with Crippen molar-refractivity contribution in [2.45, 2.75) is 103 Å². The van der Waals surface area contributed by atoms with Gasteiger partial charge in [-0.25, -0.2) is 0 Å². The van der Waals surface area contributed by atoms with Crippen LogP contribution in [-0.4, -0.2) is 66.6 Å². The van der Waals surface area contributed by atoms with Crippen LogP contribution in [0.5, 0.6) is 0 Å². The largest absolute Gasteiger partial charge is 0.522 e. The van der Waals surface area contributed by atoms with Crippen molar-refractivity contribution >= 4 is 48.8 Å². The maximum Gasteiger partial charge on any atom is 0.522 e. The van der Waals surface area contributed by atoms with Gasteiger partial charge in [-0.1, -0.05) is 67.5 Å². The summed E-state index contributed by atoms with van der Waals surface area (Å²) in [7, 11) is -20.0. The number of carboxylic acid groups (broad SMARTS) is 2. The topological polar surface area (TPSA) is 161 Å². The third-order valence-corrected chi connectivity index (χ3v) is 18.9. The summed E-state index contributed by atoms with van der Waals surface area (Å²) < 4.78 is 129. The number of carboxylic acids is 2. The van der Waals surface area contributed by atoms with Crippen molar-refractivity contribution in [2.75, 3.05) is 0 Å². The van der Waals surface area contributed by atoms with Crippen LogP contribution >= 0.6 is 0 Å². The molecule has 20 heteroatoms. The first-order chi connectivity index (χ1) is 18.4. The van der Waals surface area contributed by atoms with Gasteiger partial charge in [-0.05, 0) is 35.8 Å². The second-order valence-corrected chi connectivity index (χ2v) is 23.1. The molecule has 0 bridgehead atoms. The molecule has 10 nitrogen and oxygen atoms in total. The number of carbonyl (C=O) groups is 2. The number of aliphatic carboxylic acids is 2. The highest BCUT2D eigenvalue weighted by Crippen LogP contribution is 2.38. The highest BCUT2D eigenvalue weighted by Gasteiger charge is 2.59. The van der Waals surface area contributed by atoms with Crippen LogP contribution in [0.25, 0.3) is 0 Å². The molecule has 252 valence electrons. The molecule has 0 saturated carbocycles. The minimum atomic E-state index is -6.36. The van der Waals surface area contributed by atoms with Crippen LogP contribution in [0.1, 0.15) is 55.4 Å². The zero-order valence-corrected chi connectivity index (χ0v) is 28.4. The third-order valence-electron chi connectivity index (χ3n) is 5.26. The normalized spacial score (nSPS) is 14.0. The molecule has 0 aromatic rings. The molecular formula is C22H42F6O10S2Si2. The quantitative estimate of drug-likeness (QED) is 0.105. The molecule has 42 heavy (non-hydrogen) atoms. The van der Waals surface area contributed by atoms with Crippen LogP contribution in [0.4, 0.5) is 26.3 Å². The van der Waals surface area contributed by atoms with Crippen LogP contribution in [0.3, 0.4) is 0 Å². The van der Waals surface area contributed by atoms with Gasteiger partial charge in [-0.3, -0.25) is 17.3 Å². The summed E-state index contributed by atoms with van der Waals surface area (Å²) >= 11 is 0. The Balaban J connectivity index is 0. The number of hydrogen-bond donors (Lipinski definition) is 2. The van der Waals surface area contributed by atoms with Crippen LogP contribution in [-0.2, 0) is 37.6 Å². The molecule has 0 aromatic heterocycles. The molecule has 0 amide bonds. The molecule has 0 fully saturated rings. The van der Waals surface area contributed by atoms with Gasteiger partial charge in [0.2, 0.25) is 0 Å². The Bertz CT molecular complexity index is 1000. The lowest BCUT2D eigenvalue weighted by Crippen LogP contribution is -2.51. The van der Waals surface area contributed by atoms with Crippen LogP contribution in [0.15, 0.2) is 0 Å². The Kier molecular flexibility index (Phi) is 16.5. The van der Waals surface area contributed by atoms with E-state index in [2.05, 4.69) is 7.74 Å². The maximum atomic E-state index is 12.6. The summed E-state index contributed by atoms with van der Waals surface area (Å²) in [6, 6.07) is 0.296. The summed E-state index contributed by atoms with van der Waals surface area (Å²) in [5, 5.41) is 18.1. The zero-order chi connectivity index (χ0) is 34.1. The fraction of sp³-hybridized carbons (Fsp3) is 0.909. The van der Waals surface area contributed by atoms with Crippen LogP contribution < -0.4 is 0 Å². The van der Waals surface area contributed by atoms with Gasteiger partial charge in [0, 0.05) is 12.1 Å². The van der Waals surface area contributed by atoms with Gasteiger partial charge in [0.1, 0.15) is 0 Å². The highest BCUT2D eigenvalue weighted by molar-refractivity contribution is 7.90. The fourth-order valence-electron chi connectivity index (χ4n) is 4.78. The molecule has 0 aliphatic carbocycles. The first-order valence-corrected chi connectivity index (χ1v) is 20.8. The van der Waals surface area contributed by atoms with Gasteiger partial charge in [0.25, 0.3) is 0 Å². The van der Waals surface area contributed by atoms with E-state index in [-0.39, 0.29) is 12.1 Å². The van der Waals surface area contributed by atoms with Crippen molar-refractivity contribution < 1.29 is 70.7 Å². The first-order valence-electron chi connectivity index (χ1n) is 12.9. The molecule has 0 aliphatic heterocycles. The Hall–Kier alpha value is -1.23. The minimum absolute atomic E-state index is 0.0790. The molecule has 2 N–H and O–H groups in total. The molecule has 0 spiro atoms. The van der Waals surface area contributed by atoms with E-state index in [0.29, 0.717) is 11.8 Å². The average Bonchev–Trinajstić information content (AvgIpc) is 2.61. The second-order valence-electron chi connectivity index (χ2n) is 11.9. The van der Waals surface area contributed by atoms with Gasteiger partial charge in [0.15, 0.2) is 0 Å². The molecule has 0 rings (SSSR count). The molecule has 0 radical (unpaired) electrons. The van der Waals surface area contributed by atoms with E-state index in [1.54, 1.807) is 0 Å². The SMILES string of the molecule is CC(C)C[Si](CC(=O)O)(CC(=O)O)CC(C)C.CC(C)C[Si](CC(C)C)(OS(=O)(=O)C(F)(F)F)OS(=O)(=O)C(F)(F)F. The standard InChI is InChI=1S/C12H24O4Si.C10H18F6O6S2Si/c1-9(2)5-17(6-10(3)4,7-11(13)14)8-12(15)16;1-7(2)5-25(6-8(3)4,21-23(17,18)9(11,12)13)22-24(19,20)10(14,15)16/h9-10H,5-8H2,1-4H3,(H,13,14)(H,15,16);7-8H,5-6H2,1-4H3. The Morgan fingerprint density at radius 2 is 0.833 bits per heavy atom. The third kappa shape index (κ3) is 16.0. The lowest BCUT2D eigenvalue weighted by Gasteiger charge is -2.32. The van der Waals surface area contributed by atoms with Gasteiger partial charge < -0.3 is 10.2 Å². The number of alkyl halides is 6. The molecule has 0 saturated heterocycles. The van der Waals surface area contributed by atoms with Gasteiger partial charge in [0.05, 0.1) is 8.07 Å². The van der Waals surface area contributed by atoms with Crippen molar-refractivity contribution in [1.82, 2.24) is 0 Å². The van der Waals surface area contributed by atoms with Crippen molar-refractivity contribution in [2.24, 2.45) is 23.7 Å². The summed E-state index contributed by atoms with van der Waals surface area (Å²) in [6.07, 6.45) is 0. The number of rotatable bonds is 16. The summed E-state index contributed by atoms with van der Waals surface area (Å²) in [5.74, 6) is -2.37. The van der Waals surface area contributed by atoms with E-state index in [1.807, 2.05) is 27.7 Å². The van der Waals surface area contributed by atoms with Crippen LogP contribution in [0.2, 0.25) is 36.3 Å². The smallest absolute Gasteiger partial charge is 0.481 e. The summed E-state index contributed by atoms with van der Waals surface area (Å²) in [6.45, 7) is 13.5. The van der Waals surface area contributed by atoms with E-state index in [0.717, 1.165) is 12.1 Å². The molecule has 0 heterocycles. The number of hydrogen-bond acceptors (Lipinski definition) is 8. The van der Waals surface area contributed by atoms with E-state index in [1.165, 1.54) is 27.7 Å². The van der Waals surface area contributed by atoms with E-state index >= 15 is 0 Å². The minimum Gasteiger partial charge on any atom is -0.481 e. The molecule has 0 atom stereocenters. The Morgan fingerprint density at radius 1 is 0.595 bits per heavy atom.